The molecule has 1 atom stereocenters. The van der Waals surface area contributed by atoms with Crippen LogP contribution in [0.3, 0.4) is 0 Å². The number of fused-ring (bicyclic) bond motifs is 1. The van der Waals surface area contributed by atoms with E-state index >= 15 is 0 Å². The molecule has 2 radical (unpaired) electrons. The summed E-state index contributed by atoms with van der Waals surface area (Å²) in [5.41, 5.74) is 4.44. The van der Waals surface area contributed by atoms with Crippen LogP contribution in [0.15, 0.2) is 23.0 Å². The Morgan fingerprint density at radius 1 is 1.35 bits per heavy atom. The van der Waals surface area contributed by atoms with Crippen LogP contribution in [-0.4, -0.2) is 29.2 Å². The highest BCUT2D eigenvalue weighted by atomic mass is 16.2. The number of benzene rings is 1. The normalized spacial score (nSPS) is 22.0. The molecule has 2 amide bonds. The van der Waals surface area contributed by atoms with E-state index in [-0.39, 0.29) is 23.9 Å². The molecule has 0 saturated carbocycles. The molecule has 1 aliphatic heterocycles. The number of amides is 2. The number of nitrogen functional groups attached to an aromatic ring is 1. The average molecular weight is 310 g/mol. The number of carbonyl (C=O) groups is 2. The van der Waals surface area contributed by atoms with Gasteiger partial charge in [-0.1, -0.05) is 6.07 Å². The van der Waals surface area contributed by atoms with E-state index in [1.54, 1.807) is 25.1 Å². The summed E-state index contributed by atoms with van der Waals surface area (Å²) in [5.74, 6) is -0.817. The number of hydrogen-bond acceptors (Lipinski definition) is 5. The maximum absolute atomic E-state index is 12.9. The summed E-state index contributed by atoms with van der Waals surface area (Å²) >= 11 is 0. The van der Waals surface area contributed by atoms with Crippen LogP contribution in [-0.2, 0) is 15.0 Å². The van der Waals surface area contributed by atoms with Gasteiger partial charge in [0.2, 0.25) is 11.8 Å². The SMILES string of the molecule is [B][C@]1(n2c(C)nc3cccc(N)c3c2=O)CCCC(=O)NC1=O. The van der Waals surface area contributed by atoms with Crippen LogP contribution in [0.5, 0.6) is 0 Å². The molecule has 7 nitrogen and oxygen atoms in total. The van der Waals surface area contributed by atoms with Crippen molar-refractivity contribution < 1.29 is 9.59 Å². The van der Waals surface area contributed by atoms with Gasteiger partial charge in [0.1, 0.15) is 13.7 Å². The quantitative estimate of drug-likeness (QED) is 0.436. The zero-order valence-corrected chi connectivity index (χ0v) is 12.6. The molecule has 3 N–H and O–H groups in total. The molecular weight excluding hydrogens is 295 g/mol. The minimum Gasteiger partial charge on any atom is -0.398 e. The smallest absolute Gasteiger partial charge is 0.263 e. The number of aryl methyl sites for hydroxylation is 1. The van der Waals surface area contributed by atoms with Crippen LogP contribution in [0, 0.1) is 6.92 Å². The lowest BCUT2D eigenvalue weighted by atomic mass is 9.73. The molecule has 1 aromatic carbocycles. The molecule has 8 heteroatoms. The first kappa shape index (κ1) is 15.3. The van der Waals surface area contributed by atoms with Gasteiger partial charge in [-0.2, -0.15) is 0 Å². The summed E-state index contributed by atoms with van der Waals surface area (Å²) in [6, 6.07) is 4.96. The molecule has 2 heterocycles. The number of nitrogens with two attached hydrogens (primary N) is 1. The highest BCUT2D eigenvalue weighted by Crippen LogP contribution is 2.25. The second kappa shape index (κ2) is 5.22. The van der Waals surface area contributed by atoms with Gasteiger partial charge < -0.3 is 5.73 Å². The first-order valence-electron chi connectivity index (χ1n) is 7.26. The van der Waals surface area contributed by atoms with E-state index < -0.39 is 22.8 Å². The lowest BCUT2D eigenvalue weighted by Crippen LogP contribution is -2.54. The number of rotatable bonds is 1. The second-order valence-corrected chi connectivity index (χ2v) is 5.70. The third kappa shape index (κ3) is 2.30. The van der Waals surface area contributed by atoms with Gasteiger partial charge in [0, 0.05) is 12.1 Å². The van der Waals surface area contributed by atoms with Gasteiger partial charge in [0.15, 0.2) is 0 Å². The molecule has 1 aromatic heterocycles. The van der Waals surface area contributed by atoms with Gasteiger partial charge in [-0.25, -0.2) is 4.98 Å². The van der Waals surface area contributed by atoms with E-state index in [4.69, 9.17) is 13.6 Å². The van der Waals surface area contributed by atoms with Crippen molar-refractivity contribution in [3.8, 4) is 0 Å². The summed E-state index contributed by atoms with van der Waals surface area (Å²) in [4.78, 5) is 41.2. The molecule has 0 spiro atoms. The highest BCUT2D eigenvalue weighted by molar-refractivity contribution is 6.28. The third-order valence-corrected chi connectivity index (χ3v) is 4.10. The fourth-order valence-electron chi connectivity index (χ4n) is 2.98. The maximum atomic E-state index is 12.9. The van der Waals surface area contributed by atoms with Gasteiger partial charge in [-0.05, 0) is 31.9 Å². The van der Waals surface area contributed by atoms with Crippen molar-refractivity contribution in [2.75, 3.05) is 5.73 Å². The Morgan fingerprint density at radius 2 is 2.09 bits per heavy atom. The van der Waals surface area contributed by atoms with Crippen molar-refractivity contribution >= 4 is 36.3 Å². The zero-order chi connectivity index (χ0) is 16.8. The van der Waals surface area contributed by atoms with Crippen molar-refractivity contribution in [2.24, 2.45) is 0 Å². The molecule has 1 aliphatic rings. The summed E-state index contributed by atoms with van der Waals surface area (Å²) in [7, 11) is 6.25. The standard InChI is InChI=1S/C15H15BN4O3/c1-8-18-10-5-2-4-9(17)12(10)13(22)20(8)15(16)7-3-6-11(21)19-14(15)23/h2,4-5H,3,6-7,17H2,1H3,(H,19,21,23)/t15-/m0/s1. The van der Waals surface area contributed by atoms with Crippen LogP contribution >= 0.6 is 0 Å². The van der Waals surface area contributed by atoms with Gasteiger partial charge >= 0.3 is 0 Å². The maximum Gasteiger partial charge on any atom is 0.263 e. The first-order valence-corrected chi connectivity index (χ1v) is 7.26. The van der Waals surface area contributed by atoms with Crippen LogP contribution in [0.4, 0.5) is 5.69 Å². The van der Waals surface area contributed by atoms with Crippen LogP contribution in [0.25, 0.3) is 10.9 Å². The number of carbonyl (C=O) groups excluding carboxylic acids is 2. The van der Waals surface area contributed by atoms with E-state index in [1.807, 2.05) is 0 Å². The van der Waals surface area contributed by atoms with E-state index in [9.17, 15) is 14.4 Å². The highest BCUT2D eigenvalue weighted by Gasteiger charge is 2.39. The molecule has 2 aromatic rings. The van der Waals surface area contributed by atoms with Crippen molar-refractivity contribution in [2.45, 2.75) is 31.6 Å². The van der Waals surface area contributed by atoms with Crippen LogP contribution in [0.2, 0.25) is 0 Å². The van der Waals surface area contributed by atoms with E-state index in [0.29, 0.717) is 17.8 Å². The Balaban J connectivity index is 2.31. The molecule has 0 bridgehead atoms. The molecule has 0 unspecified atom stereocenters. The van der Waals surface area contributed by atoms with E-state index in [1.165, 1.54) is 0 Å². The fourth-order valence-corrected chi connectivity index (χ4v) is 2.98. The summed E-state index contributed by atoms with van der Waals surface area (Å²) < 4.78 is 1.14. The van der Waals surface area contributed by atoms with Gasteiger partial charge in [0.25, 0.3) is 5.56 Å². The fraction of sp³-hybridized carbons (Fsp3) is 0.333. The zero-order valence-electron chi connectivity index (χ0n) is 12.6. The Hall–Kier alpha value is -2.64. The lowest BCUT2D eigenvalue weighted by Gasteiger charge is -2.31. The molecule has 3 rings (SSSR count). The van der Waals surface area contributed by atoms with Crippen molar-refractivity contribution in [1.82, 2.24) is 14.9 Å². The number of imide groups is 1. The first-order chi connectivity index (χ1) is 10.8. The molecule has 1 saturated heterocycles. The number of hydrogen-bond donors (Lipinski definition) is 2. The summed E-state index contributed by atoms with van der Waals surface area (Å²) in [5, 5.41) is 2.44. The molecule has 116 valence electrons. The molecule has 0 aliphatic carbocycles. The molecular formula is C15H15BN4O3. The van der Waals surface area contributed by atoms with Crippen LogP contribution in [0.1, 0.15) is 25.1 Å². The number of nitrogens with zero attached hydrogens (tertiary/aromatic N) is 2. The molecule has 1 fully saturated rings. The van der Waals surface area contributed by atoms with Crippen molar-refractivity contribution in [3.63, 3.8) is 0 Å². The van der Waals surface area contributed by atoms with Gasteiger partial charge in [-0.15, -0.1) is 0 Å². The summed E-state index contributed by atoms with van der Waals surface area (Å²) in [6.45, 7) is 1.60. The Kier molecular flexibility index (Phi) is 3.47. The topological polar surface area (TPSA) is 107 Å². The van der Waals surface area contributed by atoms with Crippen molar-refractivity contribution in [3.05, 3.63) is 34.4 Å². The van der Waals surface area contributed by atoms with E-state index in [2.05, 4.69) is 10.3 Å². The average Bonchev–Trinajstić information content (AvgIpc) is 2.58. The number of nitrogens with one attached hydrogen (secondary N) is 1. The monoisotopic (exact) mass is 310 g/mol. The Bertz CT molecular complexity index is 892. The minimum absolute atomic E-state index is 0.158. The molecule has 23 heavy (non-hydrogen) atoms. The van der Waals surface area contributed by atoms with Crippen LogP contribution < -0.4 is 16.6 Å². The third-order valence-electron chi connectivity index (χ3n) is 4.10. The Morgan fingerprint density at radius 3 is 2.83 bits per heavy atom. The predicted molar refractivity (Wildman–Crippen MR) is 85.9 cm³/mol. The second-order valence-electron chi connectivity index (χ2n) is 5.70. The van der Waals surface area contributed by atoms with E-state index in [0.717, 1.165) is 4.57 Å². The minimum atomic E-state index is -1.67. The lowest BCUT2D eigenvalue weighted by molar-refractivity contribution is -0.132. The van der Waals surface area contributed by atoms with Gasteiger partial charge in [-0.3, -0.25) is 24.3 Å². The Labute approximate surface area is 133 Å². The predicted octanol–water partition coefficient (Wildman–Crippen LogP) is -0.0649. The number of anilines is 1. The largest absolute Gasteiger partial charge is 0.398 e. The van der Waals surface area contributed by atoms with Gasteiger partial charge in [0.05, 0.1) is 16.3 Å². The summed E-state index contributed by atoms with van der Waals surface area (Å²) in [6.07, 6.45) is 0.731. The number of aromatic nitrogens is 2. The van der Waals surface area contributed by atoms with Crippen molar-refractivity contribution in [1.29, 1.82) is 0 Å².